The van der Waals surface area contributed by atoms with E-state index >= 15 is 0 Å². The summed E-state index contributed by atoms with van der Waals surface area (Å²) in [5.74, 6) is -0.706. The number of rotatable bonds is 11. The van der Waals surface area contributed by atoms with Gasteiger partial charge in [-0.25, -0.2) is 0 Å². The molecule has 0 saturated carbocycles. The number of benzene rings is 1. The van der Waals surface area contributed by atoms with Gasteiger partial charge < -0.3 is 30.0 Å². The summed E-state index contributed by atoms with van der Waals surface area (Å²) in [6, 6.07) is 6.59. The van der Waals surface area contributed by atoms with E-state index in [1.54, 1.807) is 38.3 Å². The van der Waals surface area contributed by atoms with Crippen LogP contribution in [0.25, 0.3) is 0 Å². The third-order valence-electron chi connectivity index (χ3n) is 4.73. The van der Waals surface area contributed by atoms with Gasteiger partial charge in [-0.2, -0.15) is 0 Å². The number of carbonyl (C=O) groups is 2. The summed E-state index contributed by atoms with van der Waals surface area (Å²) in [6.45, 7) is 5.39. The quantitative estimate of drug-likeness (QED) is 0.359. The van der Waals surface area contributed by atoms with E-state index in [0.29, 0.717) is 37.6 Å². The lowest BCUT2D eigenvalue weighted by molar-refractivity contribution is -0.150. The fourth-order valence-electron chi connectivity index (χ4n) is 2.85. The molecule has 9 nitrogen and oxygen atoms in total. The third-order valence-corrected chi connectivity index (χ3v) is 4.73. The number of hydrogen-bond acceptors (Lipinski definition) is 7. The minimum Gasteiger partial charge on any atom is -0.480 e. The Morgan fingerprint density at radius 1 is 1.21 bits per heavy atom. The molecule has 2 rings (SSSR count). The van der Waals surface area contributed by atoms with Crippen LogP contribution in [0.5, 0.6) is 5.75 Å². The Kier molecular flexibility index (Phi) is 8.65. The maximum atomic E-state index is 12.4. The average Bonchev–Trinajstić information content (AvgIpc) is 2.72. The highest BCUT2D eigenvalue weighted by atomic mass is 16.7. The molecular weight excluding hydrogens is 366 g/mol. The second-order valence-electron chi connectivity index (χ2n) is 6.69. The van der Waals surface area contributed by atoms with Gasteiger partial charge in [-0.15, -0.1) is 0 Å². The Morgan fingerprint density at radius 2 is 1.89 bits per heavy atom. The third kappa shape index (κ3) is 6.16. The van der Waals surface area contributed by atoms with Gasteiger partial charge in [0.15, 0.2) is 6.79 Å². The summed E-state index contributed by atoms with van der Waals surface area (Å²) in [6.07, 6.45) is 0. The molecule has 1 saturated heterocycles. The minimum atomic E-state index is -1.15. The summed E-state index contributed by atoms with van der Waals surface area (Å²) < 4.78 is 15.5. The number of carboxylic acid groups (broad SMARTS) is 1. The van der Waals surface area contributed by atoms with Crippen LogP contribution >= 0.6 is 0 Å². The molecule has 1 aliphatic rings. The summed E-state index contributed by atoms with van der Waals surface area (Å²) >= 11 is 0. The molecular formula is C19H29N3O6. The molecule has 1 atom stereocenters. The Bertz CT molecular complexity index is 633. The van der Waals surface area contributed by atoms with Crippen LogP contribution in [0.1, 0.15) is 17.3 Å². The van der Waals surface area contributed by atoms with Crippen molar-refractivity contribution >= 4 is 11.9 Å². The van der Waals surface area contributed by atoms with Crippen molar-refractivity contribution in [1.29, 1.82) is 0 Å². The fraction of sp³-hybridized carbons (Fsp3) is 0.579. The molecule has 156 valence electrons. The second-order valence-corrected chi connectivity index (χ2v) is 6.69. The molecule has 0 aromatic heterocycles. The van der Waals surface area contributed by atoms with Crippen molar-refractivity contribution in [1.82, 2.24) is 15.5 Å². The van der Waals surface area contributed by atoms with Crippen molar-refractivity contribution in [2.75, 3.05) is 59.8 Å². The van der Waals surface area contributed by atoms with Gasteiger partial charge >= 0.3 is 5.97 Å². The maximum absolute atomic E-state index is 12.4. The number of amides is 1. The van der Waals surface area contributed by atoms with Crippen molar-refractivity contribution in [2.45, 2.75) is 12.5 Å². The SMILES string of the molecule is COCCOCOc1ccc(C(=O)NC[C@@](C)(C(=O)O)N2CCNCC2)cc1. The predicted molar refractivity (Wildman–Crippen MR) is 103 cm³/mol. The standard InChI is InChI=1S/C19H29N3O6/c1-19(18(24)25,22-9-7-20-8-10-22)13-21-17(23)15-3-5-16(6-4-15)28-14-27-12-11-26-2/h3-6,20H,7-14H2,1-2H3,(H,21,23)(H,24,25)/t19-/m0/s1. The van der Waals surface area contributed by atoms with Crippen molar-refractivity contribution in [3.8, 4) is 5.75 Å². The van der Waals surface area contributed by atoms with E-state index in [1.807, 2.05) is 4.90 Å². The first-order chi connectivity index (χ1) is 13.5. The lowest BCUT2D eigenvalue weighted by atomic mass is 9.98. The largest absolute Gasteiger partial charge is 0.480 e. The number of methoxy groups -OCH3 is 1. The van der Waals surface area contributed by atoms with Crippen LogP contribution in [0.4, 0.5) is 0 Å². The molecule has 3 N–H and O–H groups in total. The topological polar surface area (TPSA) is 109 Å². The monoisotopic (exact) mass is 395 g/mol. The maximum Gasteiger partial charge on any atom is 0.325 e. The molecule has 1 fully saturated rings. The Morgan fingerprint density at radius 3 is 2.50 bits per heavy atom. The second kappa shape index (κ2) is 11.0. The van der Waals surface area contributed by atoms with Crippen LogP contribution in [0.2, 0.25) is 0 Å². The van der Waals surface area contributed by atoms with Gasteiger partial charge in [-0.3, -0.25) is 14.5 Å². The van der Waals surface area contributed by atoms with Crippen molar-refractivity contribution in [2.24, 2.45) is 0 Å². The molecule has 1 aliphatic heterocycles. The Labute approximate surface area is 164 Å². The van der Waals surface area contributed by atoms with Gasteiger partial charge in [-0.1, -0.05) is 0 Å². The van der Waals surface area contributed by atoms with Crippen molar-refractivity contribution in [3.63, 3.8) is 0 Å². The smallest absolute Gasteiger partial charge is 0.325 e. The number of carboxylic acids is 1. The zero-order chi connectivity index (χ0) is 20.4. The number of hydrogen-bond donors (Lipinski definition) is 3. The van der Waals surface area contributed by atoms with Crippen LogP contribution in [0.15, 0.2) is 24.3 Å². The number of piperazine rings is 1. The molecule has 9 heteroatoms. The molecule has 0 spiro atoms. The van der Waals surface area contributed by atoms with Crippen molar-refractivity contribution < 1.29 is 28.9 Å². The van der Waals surface area contributed by atoms with Crippen LogP contribution in [0, 0.1) is 0 Å². The summed E-state index contributed by atoms with van der Waals surface area (Å²) in [5, 5.41) is 15.6. The van der Waals surface area contributed by atoms with Crippen LogP contribution in [-0.4, -0.2) is 87.3 Å². The average molecular weight is 395 g/mol. The number of ether oxygens (including phenoxy) is 3. The molecule has 0 aliphatic carbocycles. The van der Waals surface area contributed by atoms with E-state index in [0.717, 1.165) is 13.1 Å². The Hall–Kier alpha value is -2.20. The van der Waals surface area contributed by atoms with Gasteiger partial charge in [0.2, 0.25) is 0 Å². The summed E-state index contributed by atoms with van der Waals surface area (Å²) in [7, 11) is 1.59. The summed E-state index contributed by atoms with van der Waals surface area (Å²) in [5.41, 5.74) is -0.721. The highest BCUT2D eigenvalue weighted by Gasteiger charge is 2.40. The number of nitrogens with zero attached hydrogens (tertiary/aromatic N) is 1. The first-order valence-electron chi connectivity index (χ1n) is 9.24. The zero-order valence-electron chi connectivity index (χ0n) is 16.4. The van der Waals surface area contributed by atoms with Crippen LogP contribution in [0.3, 0.4) is 0 Å². The molecule has 1 amide bonds. The highest BCUT2D eigenvalue weighted by molar-refractivity contribution is 5.94. The van der Waals surface area contributed by atoms with E-state index in [2.05, 4.69) is 10.6 Å². The first-order valence-corrected chi connectivity index (χ1v) is 9.24. The molecule has 1 heterocycles. The zero-order valence-corrected chi connectivity index (χ0v) is 16.4. The van der Waals surface area contributed by atoms with E-state index in [-0.39, 0.29) is 19.2 Å². The van der Waals surface area contributed by atoms with E-state index in [1.165, 1.54) is 0 Å². The van der Waals surface area contributed by atoms with Crippen LogP contribution < -0.4 is 15.4 Å². The summed E-state index contributed by atoms with van der Waals surface area (Å²) in [4.78, 5) is 26.1. The van der Waals surface area contributed by atoms with E-state index < -0.39 is 11.5 Å². The van der Waals surface area contributed by atoms with Crippen molar-refractivity contribution in [3.05, 3.63) is 29.8 Å². The molecule has 1 aromatic rings. The highest BCUT2D eigenvalue weighted by Crippen LogP contribution is 2.17. The molecule has 0 unspecified atom stereocenters. The van der Waals surface area contributed by atoms with Gasteiger partial charge in [0.05, 0.1) is 13.2 Å². The Balaban J connectivity index is 1.86. The molecule has 28 heavy (non-hydrogen) atoms. The molecule has 1 aromatic carbocycles. The van der Waals surface area contributed by atoms with Crippen LogP contribution in [-0.2, 0) is 14.3 Å². The van der Waals surface area contributed by atoms with Gasteiger partial charge in [-0.05, 0) is 31.2 Å². The minimum absolute atomic E-state index is 0.0206. The first kappa shape index (κ1) is 22.1. The number of nitrogens with one attached hydrogen (secondary N) is 2. The van der Waals surface area contributed by atoms with Gasteiger partial charge in [0, 0.05) is 45.4 Å². The molecule has 0 radical (unpaired) electrons. The predicted octanol–water partition coefficient (Wildman–Crippen LogP) is 0.164. The van der Waals surface area contributed by atoms with E-state index in [4.69, 9.17) is 14.2 Å². The normalized spacial score (nSPS) is 16.9. The fourth-order valence-corrected chi connectivity index (χ4v) is 2.85. The lowest BCUT2D eigenvalue weighted by Gasteiger charge is -2.40. The van der Waals surface area contributed by atoms with Gasteiger partial charge in [0.25, 0.3) is 5.91 Å². The number of aliphatic carboxylic acids is 1. The van der Waals surface area contributed by atoms with E-state index in [9.17, 15) is 14.7 Å². The lowest BCUT2D eigenvalue weighted by Crippen LogP contribution is -2.63. The number of carbonyl (C=O) groups excluding carboxylic acids is 1. The van der Waals surface area contributed by atoms with Gasteiger partial charge in [0.1, 0.15) is 11.3 Å². The molecule has 0 bridgehead atoms.